The maximum Gasteiger partial charge on any atom is 0.306 e. The molecule has 26 heavy (non-hydrogen) atoms. The molecular formula is C20H26N2O4. The van der Waals surface area contributed by atoms with Gasteiger partial charge in [0.1, 0.15) is 0 Å². The van der Waals surface area contributed by atoms with Gasteiger partial charge in [0.2, 0.25) is 5.91 Å². The van der Waals surface area contributed by atoms with Gasteiger partial charge in [-0.15, -0.1) is 0 Å². The minimum atomic E-state index is -0.739. The molecule has 0 spiro atoms. The van der Waals surface area contributed by atoms with Crippen molar-refractivity contribution in [2.45, 2.75) is 52.0 Å². The highest BCUT2D eigenvalue weighted by Crippen LogP contribution is 2.39. The third kappa shape index (κ3) is 3.59. The van der Waals surface area contributed by atoms with Crippen molar-refractivity contribution in [2.24, 2.45) is 11.8 Å². The van der Waals surface area contributed by atoms with E-state index in [0.717, 1.165) is 31.2 Å². The van der Waals surface area contributed by atoms with Crippen LogP contribution >= 0.6 is 0 Å². The average Bonchev–Trinajstić information content (AvgIpc) is 2.61. The Bertz CT molecular complexity index is 731. The number of rotatable bonds is 3. The largest absolute Gasteiger partial charge is 0.481 e. The quantitative estimate of drug-likeness (QED) is 0.869. The van der Waals surface area contributed by atoms with Gasteiger partial charge in [-0.1, -0.05) is 18.9 Å². The van der Waals surface area contributed by atoms with Crippen molar-refractivity contribution in [2.75, 3.05) is 11.9 Å². The SMILES string of the molecule is CC(=O)Nc1cc(C(=O)N2CCC(C(=O)O)C3CCCCC32)ccc1C. The fraction of sp³-hybridized carbons (Fsp3) is 0.550. The minimum Gasteiger partial charge on any atom is -0.481 e. The fourth-order valence-corrected chi connectivity index (χ4v) is 4.46. The van der Waals surface area contributed by atoms with Gasteiger partial charge in [0.25, 0.3) is 5.91 Å². The number of likely N-dealkylation sites (tertiary alicyclic amines) is 1. The van der Waals surface area contributed by atoms with Crippen LogP contribution in [0.1, 0.15) is 54.9 Å². The highest BCUT2D eigenvalue weighted by molar-refractivity contribution is 5.97. The molecule has 140 valence electrons. The van der Waals surface area contributed by atoms with Crippen LogP contribution in [-0.2, 0) is 9.59 Å². The number of amides is 2. The van der Waals surface area contributed by atoms with Crippen LogP contribution < -0.4 is 5.32 Å². The van der Waals surface area contributed by atoms with Gasteiger partial charge in [-0.3, -0.25) is 14.4 Å². The number of fused-ring (bicyclic) bond motifs is 1. The molecule has 2 aliphatic rings. The van der Waals surface area contributed by atoms with Crippen molar-refractivity contribution < 1.29 is 19.5 Å². The van der Waals surface area contributed by atoms with Crippen LogP contribution in [-0.4, -0.2) is 40.4 Å². The van der Waals surface area contributed by atoms with Gasteiger partial charge >= 0.3 is 5.97 Å². The molecule has 1 aromatic rings. The van der Waals surface area contributed by atoms with Crippen LogP contribution in [0, 0.1) is 18.8 Å². The standard InChI is InChI=1S/C20H26N2O4/c1-12-7-8-14(11-17(12)21-13(2)23)19(24)22-10-9-16(20(25)26)15-5-3-4-6-18(15)22/h7-8,11,15-16,18H,3-6,9-10H2,1-2H3,(H,21,23)(H,25,26). The molecule has 3 rings (SSSR count). The summed E-state index contributed by atoms with van der Waals surface area (Å²) in [6, 6.07) is 5.34. The zero-order valence-corrected chi connectivity index (χ0v) is 15.3. The molecule has 1 aliphatic carbocycles. The summed E-state index contributed by atoms with van der Waals surface area (Å²) in [5, 5.41) is 12.3. The molecule has 3 atom stereocenters. The lowest BCUT2D eigenvalue weighted by molar-refractivity contribution is -0.147. The van der Waals surface area contributed by atoms with E-state index in [4.69, 9.17) is 0 Å². The topological polar surface area (TPSA) is 86.7 Å². The number of carbonyl (C=O) groups excluding carboxylic acids is 2. The van der Waals surface area contributed by atoms with E-state index in [1.54, 1.807) is 12.1 Å². The number of carboxylic acid groups (broad SMARTS) is 1. The van der Waals surface area contributed by atoms with E-state index in [1.165, 1.54) is 6.92 Å². The van der Waals surface area contributed by atoms with Crippen molar-refractivity contribution in [1.82, 2.24) is 4.90 Å². The van der Waals surface area contributed by atoms with E-state index < -0.39 is 5.97 Å². The number of carbonyl (C=O) groups is 3. The zero-order valence-electron chi connectivity index (χ0n) is 15.3. The molecule has 3 unspecified atom stereocenters. The number of aryl methyl sites for hydroxylation is 1. The van der Waals surface area contributed by atoms with Crippen LogP contribution in [0.4, 0.5) is 5.69 Å². The molecule has 1 saturated heterocycles. The van der Waals surface area contributed by atoms with E-state index in [1.807, 2.05) is 17.9 Å². The second-order valence-corrected chi connectivity index (χ2v) is 7.46. The summed E-state index contributed by atoms with van der Waals surface area (Å²) in [5.74, 6) is -1.29. The molecule has 0 aromatic heterocycles. The second kappa shape index (κ2) is 7.48. The highest BCUT2D eigenvalue weighted by Gasteiger charge is 2.44. The van der Waals surface area contributed by atoms with Gasteiger partial charge < -0.3 is 15.3 Å². The van der Waals surface area contributed by atoms with E-state index in [2.05, 4.69) is 5.32 Å². The van der Waals surface area contributed by atoms with Gasteiger partial charge in [-0.2, -0.15) is 0 Å². The van der Waals surface area contributed by atoms with Gasteiger partial charge in [0, 0.05) is 30.8 Å². The number of hydrogen-bond donors (Lipinski definition) is 2. The van der Waals surface area contributed by atoms with Crippen LogP contribution in [0.5, 0.6) is 0 Å². The zero-order chi connectivity index (χ0) is 18.8. The average molecular weight is 358 g/mol. The second-order valence-electron chi connectivity index (χ2n) is 7.46. The summed E-state index contributed by atoms with van der Waals surface area (Å²) in [5.41, 5.74) is 2.08. The minimum absolute atomic E-state index is 0.00313. The number of nitrogens with zero attached hydrogens (tertiary/aromatic N) is 1. The molecule has 2 fully saturated rings. The number of anilines is 1. The molecule has 1 aliphatic heterocycles. The summed E-state index contributed by atoms with van der Waals surface area (Å²) < 4.78 is 0. The van der Waals surface area contributed by atoms with E-state index in [9.17, 15) is 19.5 Å². The first-order valence-corrected chi connectivity index (χ1v) is 9.30. The Labute approximate surface area is 153 Å². The number of carboxylic acids is 1. The van der Waals surface area contributed by atoms with Gasteiger partial charge in [0.15, 0.2) is 0 Å². The number of hydrogen-bond acceptors (Lipinski definition) is 3. The molecular weight excluding hydrogens is 332 g/mol. The number of benzene rings is 1. The third-order valence-corrected chi connectivity index (χ3v) is 5.75. The molecule has 1 aromatic carbocycles. The smallest absolute Gasteiger partial charge is 0.306 e. The number of aliphatic carboxylic acids is 1. The van der Waals surface area contributed by atoms with Crippen molar-refractivity contribution >= 4 is 23.5 Å². The molecule has 1 saturated carbocycles. The van der Waals surface area contributed by atoms with Crippen molar-refractivity contribution in [3.8, 4) is 0 Å². The lowest BCUT2D eigenvalue weighted by Gasteiger charge is -2.46. The predicted molar refractivity (Wildman–Crippen MR) is 98.0 cm³/mol. The van der Waals surface area contributed by atoms with Gasteiger partial charge in [-0.25, -0.2) is 0 Å². The maximum atomic E-state index is 13.1. The van der Waals surface area contributed by atoms with Crippen molar-refractivity contribution in [3.63, 3.8) is 0 Å². The maximum absolute atomic E-state index is 13.1. The molecule has 0 radical (unpaired) electrons. The van der Waals surface area contributed by atoms with Gasteiger partial charge in [-0.05, 0) is 49.8 Å². The Morgan fingerprint density at radius 2 is 1.88 bits per heavy atom. The van der Waals surface area contributed by atoms with Crippen LogP contribution in [0.15, 0.2) is 18.2 Å². The third-order valence-electron chi connectivity index (χ3n) is 5.75. The summed E-state index contributed by atoms with van der Waals surface area (Å²) in [4.78, 5) is 38.0. The molecule has 6 heteroatoms. The normalized spacial score (nSPS) is 25.3. The highest BCUT2D eigenvalue weighted by atomic mass is 16.4. The summed E-state index contributed by atoms with van der Waals surface area (Å²) in [6.45, 7) is 3.80. The van der Waals surface area contributed by atoms with E-state index >= 15 is 0 Å². The molecule has 0 bridgehead atoms. The summed E-state index contributed by atoms with van der Waals surface area (Å²) in [6.07, 6.45) is 4.31. The Hall–Kier alpha value is -2.37. The fourth-order valence-electron chi connectivity index (χ4n) is 4.46. The molecule has 1 heterocycles. The monoisotopic (exact) mass is 358 g/mol. The van der Waals surface area contributed by atoms with Crippen LogP contribution in [0.25, 0.3) is 0 Å². The summed E-state index contributed by atoms with van der Waals surface area (Å²) >= 11 is 0. The summed E-state index contributed by atoms with van der Waals surface area (Å²) in [7, 11) is 0. The van der Waals surface area contributed by atoms with E-state index in [0.29, 0.717) is 24.2 Å². The van der Waals surface area contributed by atoms with Crippen molar-refractivity contribution in [3.05, 3.63) is 29.3 Å². The predicted octanol–water partition coefficient (Wildman–Crippen LogP) is 3.06. The molecule has 2 amide bonds. The molecule has 2 N–H and O–H groups in total. The van der Waals surface area contributed by atoms with Crippen molar-refractivity contribution in [1.29, 1.82) is 0 Å². The Kier molecular flexibility index (Phi) is 5.30. The first kappa shape index (κ1) is 18.4. The number of nitrogens with one attached hydrogen (secondary N) is 1. The first-order chi connectivity index (χ1) is 12.4. The van der Waals surface area contributed by atoms with Crippen LogP contribution in [0.2, 0.25) is 0 Å². The Morgan fingerprint density at radius 3 is 2.58 bits per heavy atom. The van der Waals surface area contributed by atoms with Crippen LogP contribution in [0.3, 0.4) is 0 Å². The molecule has 6 nitrogen and oxygen atoms in total. The lowest BCUT2D eigenvalue weighted by Crippen LogP contribution is -2.54. The lowest BCUT2D eigenvalue weighted by atomic mass is 9.71. The van der Waals surface area contributed by atoms with Gasteiger partial charge in [0.05, 0.1) is 5.92 Å². The Morgan fingerprint density at radius 1 is 1.15 bits per heavy atom. The first-order valence-electron chi connectivity index (χ1n) is 9.30. The van der Waals surface area contributed by atoms with E-state index in [-0.39, 0.29) is 29.7 Å². The Balaban J connectivity index is 1.85. The number of piperidine rings is 1.